The summed E-state index contributed by atoms with van der Waals surface area (Å²) in [5.41, 5.74) is 2.08. The van der Waals surface area contributed by atoms with E-state index in [1.165, 1.54) is 6.07 Å². The number of aromatic carboxylic acids is 1. The molecule has 0 unspecified atom stereocenters. The molecule has 0 aliphatic rings. The lowest BCUT2D eigenvalue weighted by atomic mass is 10.2. The summed E-state index contributed by atoms with van der Waals surface area (Å²) in [5.74, 6) is -1.01. The Morgan fingerprint density at radius 1 is 1.53 bits per heavy atom. The molecular formula is C13H16ClNO2. The number of carboxylic acids is 1. The smallest absolute Gasteiger partial charge is 0.337 e. The third-order valence-corrected chi connectivity index (χ3v) is 2.70. The van der Waals surface area contributed by atoms with Crippen molar-refractivity contribution in [2.24, 2.45) is 0 Å². The largest absolute Gasteiger partial charge is 0.478 e. The predicted octanol–water partition coefficient (Wildman–Crippen LogP) is 3.44. The Hall–Kier alpha value is -1.48. The van der Waals surface area contributed by atoms with E-state index in [1.54, 1.807) is 12.1 Å². The quantitative estimate of drug-likeness (QED) is 0.818. The Morgan fingerprint density at radius 3 is 2.59 bits per heavy atom. The van der Waals surface area contributed by atoms with Gasteiger partial charge in [0.1, 0.15) is 0 Å². The number of carboxylic acid groups (broad SMARTS) is 1. The van der Waals surface area contributed by atoms with Crippen LogP contribution in [0.1, 0.15) is 24.2 Å². The maximum atomic E-state index is 10.8. The highest BCUT2D eigenvalue weighted by atomic mass is 35.5. The summed E-state index contributed by atoms with van der Waals surface area (Å²) in [5, 5.41) is 9.15. The lowest BCUT2D eigenvalue weighted by Gasteiger charge is -2.23. The minimum atomic E-state index is -1.01. The molecule has 0 fully saturated rings. The standard InChI is InChI=1S/C13H16ClNO2/c1-4-15(8-9(2)3)10-5-6-11(13(16)17)12(14)7-10/h5-7H,2,4,8H2,1,3H3,(H,16,17). The van der Waals surface area contributed by atoms with Crippen molar-refractivity contribution >= 4 is 23.3 Å². The molecule has 1 aromatic rings. The van der Waals surface area contributed by atoms with Gasteiger partial charge in [0, 0.05) is 18.8 Å². The summed E-state index contributed by atoms with van der Waals surface area (Å²) in [7, 11) is 0. The molecule has 0 heterocycles. The molecule has 4 heteroatoms. The van der Waals surface area contributed by atoms with Crippen LogP contribution in [-0.2, 0) is 0 Å². The fraction of sp³-hybridized carbons (Fsp3) is 0.308. The van der Waals surface area contributed by atoms with Crippen LogP contribution < -0.4 is 4.90 Å². The molecule has 0 radical (unpaired) electrons. The molecule has 92 valence electrons. The van der Waals surface area contributed by atoms with E-state index >= 15 is 0 Å². The van der Waals surface area contributed by atoms with Gasteiger partial charge in [-0.05, 0) is 32.0 Å². The van der Waals surface area contributed by atoms with Crippen LogP contribution in [0.3, 0.4) is 0 Å². The highest BCUT2D eigenvalue weighted by Crippen LogP contribution is 2.24. The zero-order valence-electron chi connectivity index (χ0n) is 10.0. The summed E-state index contributed by atoms with van der Waals surface area (Å²) in [6.45, 7) is 9.40. The second-order valence-electron chi connectivity index (χ2n) is 3.94. The van der Waals surface area contributed by atoms with E-state index in [-0.39, 0.29) is 10.6 Å². The molecule has 0 aliphatic heterocycles. The van der Waals surface area contributed by atoms with Crippen LogP contribution >= 0.6 is 11.6 Å². The zero-order valence-corrected chi connectivity index (χ0v) is 10.8. The van der Waals surface area contributed by atoms with Crippen LogP contribution in [-0.4, -0.2) is 24.2 Å². The van der Waals surface area contributed by atoms with Crippen LogP contribution in [0.4, 0.5) is 5.69 Å². The number of hydrogen-bond donors (Lipinski definition) is 1. The van der Waals surface area contributed by atoms with Gasteiger partial charge in [0.05, 0.1) is 10.6 Å². The first kappa shape index (κ1) is 13.6. The van der Waals surface area contributed by atoms with Gasteiger partial charge in [0.2, 0.25) is 0 Å². The van der Waals surface area contributed by atoms with Gasteiger partial charge in [0.15, 0.2) is 0 Å². The fourth-order valence-electron chi connectivity index (χ4n) is 1.59. The highest BCUT2D eigenvalue weighted by Gasteiger charge is 2.11. The average Bonchev–Trinajstić information content (AvgIpc) is 2.24. The van der Waals surface area contributed by atoms with Gasteiger partial charge in [-0.25, -0.2) is 4.79 Å². The summed E-state index contributed by atoms with van der Waals surface area (Å²) in [6, 6.07) is 4.97. The molecule has 1 aromatic carbocycles. The minimum Gasteiger partial charge on any atom is -0.478 e. The first-order chi connectivity index (χ1) is 7.95. The van der Waals surface area contributed by atoms with E-state index in [0.717, 1.165) is 24.4 Å². The number of hydrogen-bond acceptors (Lipinski definition) is 2. The van der Waals surface area contributed by atoms with E-state index in [0.29, 0.717) is 0 Å². The lowest BCUT2D eigenvalue weighted by Crippen LogP contribution is -2.24. The average molecular weight is 254 g/mol. The summed E-state index contributed by atoms with van der Waals surface area (Å²) >= 11 is 5.93. The van der Waals surface area contributed by atoms with Crippen molar-refractivity contribution in [3.8, 4) is 0 Å². The normalized spacial score (nSPS) is 10.1. The van der Waals surface area contributed by atoms with E-state index < -0.39 is 5.97 Å². The van der Waals surface area contributed by atoms with Crippen molar-refractivity contribution in [1.29, 1.82) is 0 Å². The number of halogens is 1. The molecule has 1 N–H and O–H groups in total. The van der Waals surface area contributed by atoms with Gasteiger partial charge in [0.25, 0.3) is 0 Å². The molecular weight excluding hydrogens is 238 g/mol. The highest BCUT2D eigenvalue weighted by molar-refractivity contribution is 6.33. The Kier molecular flexibility index (Phi) is 4.58. The molecule has 0 atom stereocenters. The number of carbonyl (C=O) groups is 1. The molecule has 17 heavy (non-hydrogen) atoms. The Labute approximate surface area is 106 Å². The molecule has 0 saturated carbocycles. The summed E-state index contributed by atoms with van der Waals surface area (Å²) in [6.07, 6.45) is 0. The third kappa shape index (κ3) is 3.49. The molecule has 1 rings (SSSR count). The first-order valence-corrected chi connectivity index (χ1v) is 5.75. The minimum absolute atomic E-state index is 0.127. The van der Waals surface area contributed by atoms with Crippen LogP contribution in [0.15, 0.2) is 30.4 Å². The predicted molar refractivity (Wildman–Crippen MR) is 71.1 cm³/mol. The maximum absolute atomic E-state index is 10.8. The van der Waals surface area contributed by atoms with Gasteiger partial charge in [-0.15, -0.1) is 0 Å². The van der Waals surface area contributed by atoms with Crippen molar-refractivity contribution in [3.63, 3.8) is 0 Å². The number of likely N-dealkylation sites (N-methyl/N-ethyl adjacent to an activating group) is 1. The van der Waals surface area contributed by atoms with Gasteiger partial charge >= 0.3 is 5.97 Å². The lowest BCUT2D eigenvalue weighted by molar-refractivity contribution is 0.0697. The molecule has 0 amide bonds. The Morgan fingerprint density at radius 2 is 2.18 bits per heavy atom. The van der Waals surface area contributed by atoms with Crippen LogP contribution in [0.25, 0.3) is 0 Å². The number of benzene rings is 1. The number of nitrogens with zero attached hydrogens (tertiary/aromatic N) is 1. The second kappa shape index (κ2) is 5.73. The number of rotatable bonds is 5. The van der Waals surface area contributed by atoms with E-state index in [2.05, 4.69) is 11.5 Å². The molecule has 3 nitrogen and oxygen atoms in total. The van der Waals surface area contributed by atoms with Gasteiger partial charge in [-0.1, -0.05) is 23.8 Å². The van der Waals surface area contributed by atoms with Crippen molar-refractivity contribution in [2.45, 2.75) is 13.8 Å². The molecule has 0 aliphatic carbocycles. The monoisotopic (exact) mass is 253 g/mol. The van der Waals surface area contributed by atoms with Gasteiger partial charge < -0.3 is 10.0 Å². The third-order valence-electron chi connectivity index (χ3n) is 2.39. The van der Waals surface area contributed by atoms with E-state index in [1.807, 2.05) is 13.8 Å². The van der Waals surface area contributed by atoms with Crippen molar-refractivity contribution < 1.29 is 9.90 Å². The first-order valence-electron chi connectivity index (χ1n) is 5.38. The van der Waals surface area contributed by atoms with Crippen molar-refractivity contribution in [3.05, 3.63) is 40.9 Å². The van der Waals surface area contributed by atoms with Crippen LogP contribution in [0.5, 0.6) is 0 Å². The molecule has 0 saturated heterocycles. The zero-order chi connectivity index (χ0) is 13.0. The maximum Gasteiger partial charge on any atom is 0.337 e. The van der Waals surface area contributed by atoms with Crippen LogP contribution in [0.2, 0.25) is 5.02 Å². The Bertz CT molecular complexity index is 443. The van der Waals surface area contributed by atoms with Gasteiger partial charge in [-0.3, -0.25) is 0 Å². The van der Waals surface area contributed by atoms with Gasteiger partial charge in [-0.2, -0.15) is 0 Å². The van der Waals surface area contributed by atoms with Crippen molar-refractivity contribution in [2.75, 3.05) is 18.0 Å². The van der Waals surface area contributed by atoms with E-state index in [9.17, 15) is 4.79 Å². The molecule has 0 bridgehead atoms. The van der Waals surface area contributed by atoms with Crippen LogP contribution in [0, 0.1) is 0 Å². The van der Waals surface area contributed by atoms with E-state index in [4.69, 9.17) is 16.7 Å². The molecule has 0 aromatic heterocycles. The summed E-state index contributed by atoms with van der Waals surface area (Å²) in [4.78, 5) is 12.9. The summed E-state index contributed by atoms with van der Waals surface area (Å²) < 4.78 is 0. The number of anilines is 1. The SMILES string of the molecule is C=C(C)CN(CC)c1ccc(C(=O)O)c(Cl)c1. The Balaban J connectivity index is 3.02. The topological polar surface area (TPSA) is 40.5 Å². The molecule has 0 spiro atoms. The fourth-order valence-corrected chi connectivity index (χ4v) is 1.84. The van der Waals surface area contributed by atoms with Crippen molar-refractivity contribution in [1.82, 2.24) is 0 Å². The second-order valence-corrected chi connectivity index (χ2v) is 4.35.